The van der Waals surface area contributed by atoms with E-state index in [1.54, 1.807) is 12.2 Å². The summed E-state index contributed by atoms with van der Waals surface area (Å²) < 4.78 is 5.26. The van der Waals surface area contributed by atoms with Crippen LogP contribution in [0.5, 0.6) is 0 Å². The van der Waals surface area contributed by atoms with Gasteiger partial charge in [0, 0.05) is 23.2 Å². The lowest BCUT2D eigenvalue weighted by Gasteiger charge is -2.59. The van der Waals surface area contributed by atoms with E-state index in [1.807, 2.05) is 13.0 Å². The van der Waals surface area contributed by atoms with E-state index in [0.29, 0.717) is 25.7 Å². The van der Waals surface area contributed by atoms with E-state index in [0.717, 1.165) is 44.1 Å². The minimum absolute atomic E-state index is 0.00168. The Morgan fingerprint density at radius 3 is 2.68 bits per heavy atom. The second-order valence-electron chi connectivity index (χ2n) is 11.5. The van der Waals surface area contributed by atoms with Crippen LogP contribution < -0.4 is 0 Å². The summed E-state index contributed by atoms with van der Waals surface area (Å²) in [6.45, 7) is 5.73. The molecule has 0 amide bonds. The molecule has 3 fully saturated rings. The largest absolute Gasteiger partial charge is 0.458 e. The van der Waals surface area contributed by atoms with Gasteiger partial charge in [-0.1, -0.05) is 51.7 Å². The highest BCUT2D eigenvalue weighted by Gasteiger charge is 2.68. The number of hydrogen-bond acceptors (Lipinski definition) is 6. The fourth-order valence-corrected chi connectivity index (χ4v) is 7.82. The molecule has 0 spiro atoms. The molecule has 6 nitrogen and oxygen atoms in total. The third-order valence-corrected chi connectivity index (χ3v) is 9.71. The molecule has 34 heavy (non-hydrogen) atoms. The number of unbranched alkanes of at least 4 members (excludes halogenated alkanes) is 3. The Hall–Kier alpha value is -1.79. The zero-order valence-corrected chi connectivity index (χ0v) is 20.8. The number of aliphatic hydroxyl groups excluding tert-OH is 1. The average molecular weight is 473 g/mol. The SMILES string of the molecule is CCCCCCC(=O)OCC(=O)[C@@]1(O)CC[C@H]2[C@@H]3CCC4=CC(=O)C=C[C@]4(C)[C@H]3[C@@H](O)C[C@@]21C. The van der Waals surface area contributed by atoms with Gasteiger partial charge in [-0.05, 0) is 62.5 Å². The summed E-state index contributed by atoms with van der Waals surface area (Å²) in [6.07, 6.45) is 11.7. The molecule has 0 aromatic carbocycles. The van der Waals surface area contributed by atoms with Crippen molar-refractivity contribution >= 4 is 17.5 Å². The van der Waals surface area contributed by atoms with Gasteiger partial charge in [-0.3, -0.25) is 14.4 Å². The number of hydrogen-bond donors (Lipinski definition) is 2. The number of ketones is 2. The van der Waals surface area contributed by atoms with Crippen LogP contribution >= 0.6 is 0 Å². The van der Waals surface area contributed by atoms with Gasteiger partial charge >= 0.3 is 5.97 Å². The number of fused-ring (bicyclic) bond motifs is 5. The summed E-state index contributed by atoms with van der Waals surface area (Å²) in [7, 11) is 0. The molecular formula is C28H40O6. The maximum absolute atomic E-state index is 13.2. The number of esters is 1. The van der Waals surface area contributed by atoms with Crippen LogP contribution in [-0.2, 0) is 19.1 Å². The Morgan fingerprint density at radius 2 is 1.94 bits per heavy atom. The molecule has 7 atom stereocenters. The minimum Gasteiger partial charge on any atom is -0.458 e. The monoisotopic (exact) mass is 472 g/mol. The van der Waals surface area contributed by atoms with Gasteiger partial charge < -0.3 is 14.9 Å². The predicted octanol–water partition coefficient (Wildman–Crippen LogP) is 4.08. The zero-order valence-electron chi connectivity index (χ0n) is 20.8. The van der Waals surface area contributed by atoms with Crippen molar-refractivity contribution < 1.29 is 29.3 Å². The van der Waals surface area contributed by atoms with Crippen LogP contribution in [0, 0.1) is 28.6 Å². The molecule has 0 aromatic heterocycles. The van der Waals surface area contributed by atoms with E-state index in [2.05, 4.69) is 13.8 Å². The number of carbonyl (C=O) groups excluding carboxylic acids is 3. The first kappa shape index (κ1) is 25.3. The molecule has 0 heterocycles. The Labute approximate surface area is 202 Å². The van der Waals surface area contributed by atoms with Crippen molar-refractivity contribution in [3.8, 4) is 0 Å². The van der Waals surface area contributed by atoms with Gasteiger partial charge in [-0.15, -0.1) is 0 Å². The van der Waals surface area contributed by atoms with Crippen LogP contribution in [0.4, 0.5) is 0 Å². The maximum atomic E-state index is 13.2. The van der Waals surface area contributed by atoms with Crippen molar-refractivity contribution in [2.45, 2.75) is 96.7 Å². The molecule has 3 saturated carbocycles. The van der Waals surface area contributed by atoms with Gasteiger partial charge in [0.1, 0.15) is 5.60 Å². The fourth-order valence-electron chi connectivity index (χ4n) is 7.82. The highest BCUT2D eigenvalue weighted by atomic mass is 16.5. The number of rotatable bonds is 8. The molecule has 4 rings (SSSR count). The van der Waals surface area contributed by atoms with Crippen LogP contribution in [0.3, 0.4) is 0 Å². The molecule has 0 saturated heterocycles. The van der Waals surface area contributed by atoms with Crippen molar-refractivity contribution in [1.82, 2.24) is 0 Å². The van der Waals surface area contributed by atoms with E-state index in [9.17, 15) is 24.6 Å². The van der Waals surface area contributed by atoms with Crippen LogP contribution in [0.2, 0.25) is 0 Å². The molecule has 2 N–H and O–H groups in total. The second-order valence-corrected chi connectivity index (χ2v) is 11.5. The molecule has 188 valence electrons. The van der Waals surface area contributed by atoms with E-state index in [4.69, 9.17) is 4.74 Å². The summed E-state index contributed by atoms with van der Waals surface area (Å²) in [5.74, 6) is -0.652. The quantitative estimate of drug-likeness (QED) is 0.408. The number of aliphatic hydroxyl groups is 2. The van der Waals surface area contributed by atoms with Gasteiger partial charge in [0.15, 0.2) is 12.4 Å². The van der Waals surface area contributed by atoms with Gasteiger partial charge in [0.05, 0.1) is 6.10 Å². The van der Waals surface area contributed by atoms with Crippen molar-refractivity contribution in [3.63, 3.8) is 0 Å². The molecule has 0 bridgehead atoms. The molecule has 0 aliphatic heterocycles. The lowest BCUT2D eigenvalue weighted by Crippen LogP contribution is -2.61. The summed E-state index contributed by atoms with van der Waals surface area (Å²) in [5.41, 5.74) is -1.68. The molecule has 0 aromatic rings. The Kier molecular flexibility index (Phi) is 6.96. The summed E-state index contributed by atoms with van der Waals surface area (Å²) >= 11 is 0. The second kappa shape index (κ2) is 9.34. The summed E-state index contributed by atoms with van der Waals surface area (Å²) in [5, 5.41) is 23.1. The molecule has 4 aliphatic carbocycles. The number of allylic oxidation sites excluding steroid dienone is 4. The maximum Gasteiger partial charge on any atom is 0.306 e. The first-order chi connectivity index (χ1) is 16.1. The standard InChI is InChI=1S/C28H40O6/c1-4-5-6-7-8-24(32)34-17-23(31)28(33)14-12-21-20-10-9-18-15-19(29)11-13-26(18,2)25(20)22(30)16-27(21,28)3/h11,13,15,20-22,25,30,33H,4-10,12,14,16-17H2,1-3H3/t20-,21-,22-,25+,26-,27-,28-/m0/s1. The van der Waals surface area contributed by atoms with Crippen LogP contribution in [-0.4, -0.2) is 46.1 Å². The van der Waals surface area contributed by atoms with E-state index in [1.165, 1.54) is 0 Å². The Bertz CT molecular complexity index is 905. The van der Waals surface area contributed by atoms with Crippen LogP contribution in [0.1, 0.15) is 85.0 Å². The van der Waals surface area contributed by atoms with Crippen molar-refractivity contribution in [2.24, 2.45) is 28.6 Å². The smallest absolute Gasteiger partial charge is 0.306 e. The van der Waals surface area contributed by atoms with Crippen LogP contribution in [0.25, 0.3) is 0 Å². The lowest BCUT2D eigenvalue weighted by molar-refractivity contribution is -0.181. The van der Waals surface area contributed by atoms with Gasteiger partial charge in [0.25, 0.3) is 0 Å². The first-order valence-corrected chi connectivity index (χ1v) is 13.1. The number of Topliss-reactive ketones (excluding diaryl/α,β-unsaturated/α-hetero) is 1. The van der Waals surface area contributed by atoms with E-state index >= 15 is 0 Å². The number of carbonyl (C=O) groups is 3. The molecule has 6 heteroatoms. The summed E-state index contributed by atoms with van der Waals surface area (Å²) in [4.78, 5) is 37.3. The van der Waals surface area contributed by atoms with E-state index < -0.39 is 35.5 Å². The minimum atomic E-state index is -1.61. The first-order valence-electron chi connectivity index (χ1n) is 13.1. The molecule has 0 unspecified atom stereocenters. The number of ether oxygens (including phenoxy) is 1. The van der Waals surface area contributed by atoms with Crippen molar-refractivity contribution in [2.75, 3.05) is 6.61 Å². The van der Waals surface area contributed by atoms with E-state index in [-0.39, 0.29) is 29.0 Å². The zero-order chi connectivity index (χ0) is 24.7. The lowest BCUT2D eigenvalue weighted by atomic mass is 9.46. The molecular weight excluding hydrogens is 432 g/mol. The van der Waals surface area contributed by atoms with Gasteiger partial charge in [-0.2, -0.15) is 0 Å². The Balaban J connectivity index is 1.48. The third kappa shape index (κ3) is 4.01. The molecule has 4 aliphatic rings. The van der Waals surface area contributed by atoms with Crippen LogP contribution in [0.15, 0.2) is 23.8 Å². The highest BCUT2D eigenvalue weighted by molar-refractivity contribution is 6.01. The Morgan fingerprint density at radius 1 is 1.18 bits per heavy atom. The van der Waals surface area contributed by atoms with Crippen molar-refractivity contribution in [3.05, 3.63) is 23.8 Å². The highest BCUT2D eigenvalue weighted by Crippen LogP contribution is 2.67. The molecule has 0 radical (unpaired) electrons. The summed E-state index contributed by atoms with van der Waals surface area (Å²) in [6, 6.07) is 0. The third-order valence-electron chi connectivity index (χ3n) is 9.71. The predicted molar refractivity (Wildman–Crippen MR) is 128 cm³/mol. The topological polar surface area (TPSA) is 101 Å². The normalized spacial score (nSPS) is 40.7. The van der Waals surface area contributed by atoms with Gasteiger partial charge in [-0.25, -0.2) is 0 Å². The van der Waals surface area contributed by atoms with Gasteiger partial charge in [0.2, 0.25) is 5.78 Å². The van der Waals surface area contributed by atoms with Crippen molar-refractivity contribution in [1.29, 1.82) is 0 Å². The average Bonchev–Trinajstić information content (AvgIpc) is 3.06. The fraction of sp³-hybridized carbons (Fsp3) is 0.750.